The van der Waals surface area contributed by atoms with Gasteiger partial charge in [0.2, 0.25) is 5.82 Å². The van der Waals surface area contributed by atoms with E-state index in [0.717, 1.165) is 37.3 Å². The number of likely N-dealkylation sites (N-methyl/N-ethyl adjacent to an activating group) is 1. The number of hydrogen-bond donors (Lipinski definition) is 1. The number of benzene rings is 1. The molecule has 0 bridgehead atoms. The van der Waals surface area contributed by atoms with Crippen molar-refractivity contribution >= 4 is 23.3 Å². The highest BCUT2D eigenvalue weighted by atomic mass is 16.5. The van der Waals surface area contributed by atoms with Crippen LogP contribution < -0.4 is 19.9 Å². The summed E-state index contributed by atoms with van der Waals surface area (Å²) in [5.41, 5.74) is 1.89. The zero-order valence-corrected chi connectivity index (χ0v) is 17.6. The Hall–Kier alpha value is -3.67. The number of ether oxygens (including phenoxy) is 1. The van der Waals surface area contributed by atoms with Crippen LogP contribution >= 0.6 is 0 Å². The van der Waals surface area contributed by atoms with E-state index in [-0.39, 0.29) is 18.3 Å². The van der Waals surface area contributed by atoms with E-state index in [1.54, 1.807) is 31.4 Å². The van der Waals surface area contributed by atoms with Crippen molar-refractivity contribution in [3.05, 3.63) is 41.3 Å². The number of carbonyl (C=O) groups excluding carboxylic acids is 2. The number of amides is 2. The fourth-order valence-corrected chi connectivity index (χ4v) is 3.87. The molecule has 3 heterocycles. The van der Waals surface area contributed by atoms with Gasteiger partial charge >= 0.3 is 0 Å². The molecule has 0 spiro atoms. The quantitative estimate of drug-likeness (QED) is 0.806. The molecule has 4 rings (SSSR count). The number of aromatic nitrogens is 2. The van der Waals surface area contributed by atoms with Crippen molar-refractivity contribution in [1.82, 2.24) is 15.3 Å². The largest absolute Gasteiger partial charge is 0.489 e. The Bertz CT molecular complexity index is 1060. The van der Waals surface area contributed by atoms with Crippen molar-refractivity contribution in [3.63, 3.8) is 0 Å². The van der Waals surface area contributed by atoms with Gasteiger partial charge in [-0.2, -0.15) is 5.26 Å². The number of piperidine rings is 1. The summed E-state index contributed by atoms with van der Waals surface area (Å²) in [7, 11) is 1.61. The second-order valence-electron chi connectivity index (χ2n) is 7.78. The molecule has 0 saturated carbocycles. The molecule has 1 aromatic heterocycles. The number of fused-ring (bicyclic) bond motifs is 1. The summed E-state index contributed by atoms with van der Waals surface area (Å²) in [5.74, 6) is 0.357. The zero-order chi connectivity index (χ0) is 22.0. The van der Waals surface area contributed by atoms with Crippen LogP contribution in [0.25, 0.3) is 0 Å². The van der Waals surface area contributed by atoms with Crippen molar-refractivity contribution in [2.45, 2.75) is 32.2 Å². The van der Waals surface area contributed by atoms with Gasteiger partial charge in [0.25, 0.3) is 11.8 Å². The number of rotatable bonds is 3. The van der Waals surface area contributed by atoms with E-state index in [0.29, 0.717) is 17.0 Å². The summed E-state index contributed by atoms with van der Waals surface area (Å²) in [5, 5.41) is 11.8. The maximum absolute atomic E-state index is 12.9. The number of carbonyl (C=O) groups is 2. The molecule has 2 aromatic rings. The van der Waals surface area contributed by atoms with E-state index < -0.39 is 11.9 Å². The average molecular weight is 420 g/mol. The Morgan fingerprint density at radius 1 is 1.29 bits per heavy atom. The molecule has 2 aliphatic rings. The fraction of sp³-hybridized carbons (Fsp3) is 0.409. The highest BCUT2D eigenvalue weighted by Crippen LogP contribution is 2.31. The van der Waals surface area contributed by atoms with Crippen LogP contribution in [0.5, 0.6) is 5.75 Å². The predicted molar refractivity (Wildman–Crippen MR) is 114 cm³/mol. The van der Waals surface area contributed by atoms with Crippen LogP contribution in [0.3, 0.4) is 0 Å². The first-order chi connectivity index (χ1) is 15.0. The first kappa shape index (κ1) is 20.6. The molecule has 0 aliphatic carbocycles. The lowest BCUT2D eigenvalue weighted by atomic mass is 10.1. The molecule has 1 atom stereocenters. The molecule has 1 N–H and O–H groups in total. The molecule has 2 aliphatic heterocycles. The molecule has 1 fully saturated rings. The molecule has 1 saturated heterocycles. The third-order valence-corrected chi connectivity index (χ3v) is 5.59. The Balaban J connectivity index is 1.52. The smallest absolute Gasteiger partial charge is 0.289 e. The standard InChI is InChI=1S/C22H24N6O3/c1-14-12-24-19(26-20(14)28-8-4-3-5-9-28)21(29)25-16-13-31-18-10-15(11-23)6-7-17(18)27(2)22(16)30/h6-7,10,12,16H,3-5,8-9,13H2,1-2H3,(H,25,29). The maximum Gasteiger partial charge on any atom is 0.289 e. The van der Waals surface area contributed by atoms with Crippen LogP contribution in [-0.2, 0) is 4.79 Å². The van der Waals surface area contributed by atoms with E-state index in [2.05, 4.69) is 26.3 Å². The topological polar surface area (TPSA) is 111 Å². The lowest BCUT2D eigenvalue weighted by Gasteiger charge is -2.29. The number of nitriles is 1. The van der Waals surface area contributed by atoms with Crippen LogP contribution in [0.1, 0.15) is 41.0 Å². The molecule has 1 aromatic carbocycles. The highest BCUT2D eigenvalue weighted by molar-refractivity contribution is 6.02. The molecular formula is C22H24N6O3. The summed E-state index contributed by atoms with van der Waals surface area (Å²) >= 11 is 0. The number of nitrogens with zero attached hydrogens (tertiary/aromatic N) is 5. The predicted octanol–water partition coefficient (Wildman–Crippen LogP) is 1.80. The minimum atomic E-state index is -0.904. The van der Waals surface area contributed by atoms with Gasteiger partial charge in [-0.15, -0.1) is 0 Å². The Morgan fingerprint density at radius 3 is 2.81 bits per heavy atom. The number of anilines is 2. The summed E-state index contributed by atoms with van der Waals surface area (Å²) < 4.78 is 5.74. The lowest BCUT2D eigenvalue weighted by Crippen LogP contribution is -2.49. The molecule has 160 valence electrons. The Kier molecular flexibility index (Phi) is 5.71. The van der Waals surface area contributed by atoms with Gasteiger partial charge in [-0.25, -0.2) is 9.97 Å². The molecule has 31 heavy (non-hydrogen) atoms. The average Bonchev–Trinajstić information content (AvgIpc) is 2.91. The van der Waals surface area contributed by atoms with Gasteiger partial charge in [0, 0.05) is 38.0 Å². The van der Waals surface area contributed by atoms with Crippen LogP contribution in [0.15, 0.2) is 24.4 Å². The van der Waals surface area contributed by atoms with E-state index in [1.807, 2.05) is 6.92 Å². The highest BCUT2D eigenvalue weighted by Gasteiger charge is 2.31. The normalized spacial score (nSPS) is 18.5. The van der Waals surface area contributed by atoms with Gasteiger partial charge in [0.05, 0.1) is 17.3 Å². The zero-order valence-electron chi connectivity index (χ0n) is 17.6. The minimum absolute atomic E-state index is 0.0233. The Morgan fingerprint density at radius 2 is 2.06 bits per heavy atom. The van der Waals surface area contributed by atoms with E-state index in [9.17, 15) is 9.59 Å². The SMILES string of the molecule is Cc1cnc(C(=O)NC2COc3cc(C#N)ccc3N(C)C2=O)nc1N1CCCCC1. The second-order valence-corrected chi connectivity index (χ2v) is 7.78. The molecule has 0 radical (unpaired) electrons. The fourth-order valence-electron chi connectivity index (χ4n) is 3.87. The third kappa shape index (κ3) is 4.14. The van der Waals surface area contributed by atoms with Crippen molar-refractivity contribution in [1.29, 1.82) is 5.26 Å². The van der Waals surface area contributed by atoms with Crippen molar-refractivity contribution < 1.29 is 14.3 Å². The van der Waals surface area contributed by atoms with E-state index in [4.69, 9.17) is 10.00 Å². The number of hydrogen-bond acceptors (Lipinski definition) is 7. The van der Waals surface area contributed by atoms with Crippen LogP contribution in [-0.4, -0.2) is 54.6 Å². The van der Waals surface area contributed by atoms with Crippen molar-refractivity contribution in [2.75, 3.05) is 36.5 Å². The third-order valence-electron chi connectivity index (χ3n) is 5.59. The first-order valence-electron chi connectivity index (χ1n) is 10.3. The van der Waals surface area contributed by atoms with Crippen LogP contribution in [0.2, 0.25) is 0 Å². The van der Waals surface area contributed by atoms with E-state index >= 15 is 0 Å². The van der Waals surface area contributed by atoms with Crippen LogP contribution in [0.4, 0.5) is 11.5 Å². The van der Waals surface area contributed by atoms with Crippen LogP contribution in [0, 0.1) is 18.3 Å². The van der Waals surface area contributed by atoms with Gasteiger partial charge in [-0.05, 0) is 38.3 Å². The molecule has 9 nitrogen and oxygen atoms in total. The summed E-state index contributed by atoms with van der Waals surface area (Å²) in [6.07, 6.45) is 5.03. The first-order valence-corrected chi connectivity index (χ1v) is 10.3. The van der Waals surface area contributed by atoms with Crippen molar-refractivity contribution in [3.8, 4) is 11.8 Å². The number of aryl methyl sites for hydroxylation is 1. The molecule has 9 heteroatoms. The van der Waals surface area contributed by atoms with E-state index in [1.165, 1.54) is 11.3 Å². The summed E-state index contributed by atoms with van der Waals surface area (Å²) in [6, 6.07) is 6.00. The monoisotopic (exact) mass is 420 g/mol. The molecule has 2 amide bonds. The molecule has 1 unspecified atom stereocenters. The van der Waals surface area contributed by atoms with Gasteiger partial charge < -0.3 is 19.9 Å². The maximum atomic E-state index is 12.9. The number of nitrogens with one attached hydrogen (secondary N) is 1. The van der Waals surface area contributed by atoms with Gasteiger partial charge in [-0.3, -0.25) is 9.59 Å². The minimum Gasteiger partial charge on any atom is -0.489 e. The lowest BCUT2D eigenvalue weighted by molar-refractivity contribution is -0.120. The molecular weight excluding hydrogens is 396 g/mol. The van der Waals surface area contributed by atoms with Gasteiger partial charge in [0.15, 0.2) is 0 Å². The van der Waals surface area contributed by atoms with Crippen molar-refractivity contribution in [2.24, 2.45) is 0 Å². The van der Waals surface area contributed by atoms with Gasteiger partial charge in [0.1, 0.15) is 24.2 Å². The summed E-state index contributed by atoms with van der Waals surface area (Å²) in [4.78, 5) is 38.1. The summed E-state index contributed by atoms with van der Waals surface area (Å²) in [6.45, 7) is 3.68. The second kappa shape index (κ2) is 8.60. The van der Waals surface area contributed by atoms with Gasteiger partial charge in [-0.1, -0.05) is 0 Å². The Labute approximate surface area is 180 Å².